The van der Waals surface area contributed by atoms with Gasteiger partial charge in [0, 0.05) is 0 Å². The van der Waals surface area contributed by atoms with Gasteiger partial charge in [0.2, 0.25) is 0 Å². The number of hydrogen-bond donors (Lipinski definition) is 0. The van der Waals surface area contributed by atoms with E-state index in [1.165, 1.54) is 0 Å². The van der Waals surface area contributed by atoms with Gasteiger partial charge in [0.15, 0.2) is 11.5 Å². The van der Waals surface area contributed by atoms with Crippen LogP contribution in [0, 0.1) is 4.91 Å². The fourth-order valence-corrected chi connectivity index (χ4v) is 1.79. The van der Waals surface area contributed by atoms with Crippen LogP contribution in [0.5, 0.6) is 11.5 Å². The van der Waals surface area contributed by atoms with E-state index in [4.69, 9.17) is 9.47 Å². The molecule has 1 aromatic carbocycles. The lowest BCUT2D eigenvalue weighted by molar-refractivity contribution is 0.352. The number of methoxy groups -OCH3 is 2. The molecule has 0 aliphatic carbocycles. The predicted octanol–water partition coefficient (Wildman–Crippen LogP) is 2.73. The lowest BCUT2D eigenvalue weighted by Gasteiger charge is -2.10. The van der Waals surface area contributed by atoms with Gasteiger partial charge in [-0.2, -0.15) is 4.91 Å². The van der Waals surface area contributed by atoms with Crippen LogP contribution in [0.3, 0.4) is 0 Å². The molecule has 0 amide bonds. The van der Waals surface area contributed by atoms with E-state index in [9.17, 15) is 4.91 Å². The van der Waals surface area contributed by atoms with Crippen LogP contribution in [0.25, 0.3) is 0 Å². The third-order valence-corrected chi connectivity index (χ3v) is 2.33. The molecule has 5 heteroatoms. The van der Waals surface area contributed by atoms with E-state index in [-0.39, 0.29) is 6.54 Å². The zero-order chi connectivity index (χ0) is 10.6. The van der Waals surface area contributed by atoms with Crippen LogP contribution in [0.2, 0.25) is 0 Å². The standard InChI is InChI=1S/C9H10BrNO3/c1-13-8-4-6(5-11-12)3-7(10)9(8)14-2/h3-4H,5H2,1-2H3. The van der Waals surface area contributed by atoms with Gasteiger partial charge in [0.25, 0.3) is 0 Å². The molecule has 76 valence electrons. The summed E-state index contributed by atoms with van der Waals surface area (Å²) in [5, 5.41) is 2.81. The third-order valence-electron chi connectivity index (χ3n) is 1.74. The van der Waals surface area contributed by atoms with E-state index in [2.05, 4.69) is 21.1 Å². The molecule has 1 rings (SSSR count). The number of rotatable bonds is 4. The van der Waals surface area contributed by atoms with Crippen molar-refractivity contribution in [2.24, 2.45) is 5.18 Å². The molecule has 0 aromatic heterocycles. The van der Waals surface area contributed by atoms with Crippen molar-refractivity contribution in [1.29, 1.82) is 0 Å². The molecule has 0 N–H and O–H groups in total. The SMILES string of the molecule is COc1cc(CN=O)cc(Br)c1OC. The Morgan fingerprint density at radius 1 is 1.36 bits per heavy atom. The highest BCUT2D eigenvalue weighted by molar-refractivity contribution is 9.10. The molecule has 0 saturated heterocycles. The van der Waals surface area contributed by atoms with Gasteiger partial charge in [-0.1, -0.05) is 5.18 Å². The molecule has 0 spiro atoms. The van der Waals surface area contributed by atoms with Crippen molar-refractivity contribution < 1.29 is 9.47 Å². The van der Waals surface area contributed by atoms with E-state index in [0.717, 1.165) is 10.0 Å². The summed E-state index contributed by atoms with van der Waals surface area (Å²) in [5.41, 5.74) is 0.782. The highest BCUT2D eigenvalue weighted by atomic mass is 79.9. The monoisotopic (exact) mass is 259 g/mol. The first-order valence-electron chi connectivity index (χ1n) is 3.92. The van der Waals surface area contributed by atoms with Crippen LogP contribution in [0.1, 0.15) is 5.56 Å². The first kappa shape index (κ1) is 11.0. The fraction of sp³-hybridized carbons (Fsp3) is 0.333. The first-order valence-corrected chi connectivity index (χ1v) is 4.71. The highest BCUT2D eigenvalue weighted by Crippen LogP contribution is 2.36. The fourth-order valence-electron chi connectivity index (χ4n) is 1.14. The van der Waals surface area contributed by atoms with Crippen LogP contribution in [-0.4, -0.2) is 14.2 Å². The van der Waals surface area contributed by atoms with Crippen molar-refractivity contribution in [2.45, 2.75) is 6.54 Å². The Hall–Kier alpha value is -1.10. The smallest absolute Gasteiger partial charge is 0.174 e. The van der Waals surface area contributed by atoms with Crippen molar-refractivity contribution in [3.8, 4) is 11.5 Å². The predicted molar refractivity (Wildman–Crippen MR) is 56.7 cm³/mol. The second-order valence-corrected chi connectivity index (χ2v) is 3.45. The van der Waals surface area contributed by atoms with Gasteiger partial charge in [-0.05, 0) is 33.6 Å². The van der Waals surface area contributed by atoms with Gasteiger partial charge >= 0.3 is 0 Å². The van der Waals surface area contributed by atoms with Crippen molar-refractivity contribution in [3.63, 3.8) is 0 Å². The van der Waals surface area contributed by atoms with Gasteiger partial charge in [-0.3, -0.25) is 0 Å². The Morgan fingerprint density at radius 3 is 2.57 bits per heavy atom. The number of nitroso groups, excluding NO2 is 1. The summed E-state index contributed by atoms with van der Waals surface area (Å²) in [4.78, 5) is 10.1. The van der Waals surface area contributed by atoms with E-state index in [0.29, 0.717) is 11.5 Å². The minimum absolute atomic E-state index is 0.124. The summed E-state index contributed by atoms with van der Waals surface area (Å²) in [6, 6.07) is 3.51. The molecule has 4 nitrogen and oxygen atoms in total. The van der Waals surface area contributed by atoms with E-state index in [1.54, 1.807) is 26.4 Å². The molecule has 0 atom stereocenters. The van der Waals surface area contributed by atoms with Gasteiger partial charge in [-0.25, -0.2) is 0 Å². The average Bonchev–Trinajstić information content (AvgIpc) is 2.17. The molecule has 0 bridgehead atoms. The molecule has 0 radical (unpaired) electrons. The Balaban J connectivity index is 3.16. The van der Waals surface area contributed by atoms with Gasteiger partial charge < -0.3 is 9.47 Å². The Bertz CT molecular complexity index is 341. The Kier molecular flexibility index (Phi) is 3.88. The van der Waals surface area contributed by atoms with Crippen molar-refractivity contribution >= 4 is 15.9 Å². The molecule has 14 heavy (non-hydrogen) atoms. The maximum atomic E-state index is 10.1. The van der Waals surface area contributed by atoms with Crippen LogP contribution in [0.15, 0.2) is 21.8 Å². The van der Waals surface area contributed by atoms with Crippen LogP contribution in [-0.2, 0) is 6.54 Å². The molecule has 0 saturated carbocycles. The summed E-state index contributed by atoms with van der Waals surface area (Å²) in [6.07, 6.45) is 0. The maximum Gasteiger partial charge on any atom is 0.174 e. The summed E-state index contributed by atoms with van der Waals surface area (Å²) in [5.74, 6) is 1.20. The first-order chi connectivity index (χ1) is 6.72. The number of nitrogens with zero attached hydrogens (tertiary/aromatic N) is 1. The third kappa shape index (κ3) is 2.23. The van der Waals surface area contributed by atoms with E-state index >= 15 is 0 Å². The highest BCUT2D eigenvalue weighted by Gasteiger charge is 2.10. The summed E-state index contributed by atoms with van der Waals surface area (Å²) >= 11 is 3.32. The van der Waals surface area contributed by atoms with Crippen molar-refractivity contribution in [3.05, 3.63) is 27.1 Å². The number of benzene rings is 1. The minimum atomic E-state index is 0.124. The van der Waals surface area contributed by atoms with Crippen LogP contribution < -0.4 is 9.47 Å². The lowest BCUT2D eigenvalue weighted by Crippen LogP contribution is -1.93. The van der Waals surface area contributed by atoms with Gasteiger partial charge in [0.05, 0.1) is 18.7 Å². The van der Waals surface area contributed by atoms with E-state index < -0.39 is 0 Å². The number of ether oxygens (including phenoxy) is 2. The van der Waals surface area contributed by atoms with Crippen LogP contribution in [0.4, 0.5) is 0 Å². The molecular weight excluding hydrogens is 250 g/mol. The summed E-state index contributed by atoms with van der Waals surface area (Å²) in [7, 11) is 3.10. The molecule has 1 aromatic rings. The summed E-state index contributed by atoms with van der Waals surface area (Å²) in [6.45, 7) is 0.124. The quantitative estimate of drug-likeness (QED) is 0.782. The molecule has 0 heterocycles. The molecule has 0 unspecified atom stereocenters. The molecule has 0 fully saturated rings. The van der Waals surface area contributed by atoms with Crippen molar-refractivity contribution in [1.82, 2.24) is 0 Å². The van der Waals surface area contributed by atoms with Crippen molar-refractivity contribution in [2.75, 3.05) is 14.2 Å². The Morgan fingerprint density at radius 2 is 2.07 bits per heavy atom. The average molecular weight is 260 g/mol. The molecule has 0 aliphatic heterocycles. The minimum Gasteiger partial charge on any atom is -0.493 e. The normalized spacial score (nSPS) is 9.64. The summed E-state index contributed by atoms with van der Waals surface area (Å²) < 4.78 is 11.0. The Labute approximate surface area is 90.3 Å². The topological polar surface area (TPSA) is 47.9 Å². The maximum absolute atomic E-state index is 10.1. The van der Waals surface area contributed by atoms with Gasteiger partial charge in [-0.15, -0.1) is 0 Å². The zero-order valence-corrected chi connectivity index (χ0v) is 9.50. The van der Waals surface area contributed by atoms with Gasteiger partial charge in [0.1, 0.15) is 6.54 Å². The zero-order valence-electron chi connectivity index (χ0n) is 7.91. The van der Waals surface area contributed by atoms with E-state index in [1.807, 2.05) is 0 Å². The second-order valence-electron chi connectivity index (χ2n) is 2.60. The molecular formula is C9H10BrNO3. The largest absolute Gasteiger partial charge is 0.493 e. The lowest BCUT2D eigenvalue weighted by atomic mass is 10.2. The second kappa shape index (κ2) is 4.95. The molecule has 0 aliphatic rings. The number of hydrogen-bond acceptors (Lipinski definition) is 4. The van der Waals surface area contributed by atoms with Crippen LogP contribution >= 0.6 is 15.9 Å². The number of halogens is 1.